The summed E-state index contributed by atoms with van der Waals surface area (Å²) in [6.45, 7) is -0.0758. The summed E-state index contributed by atoms with van der Waals surface area (Å²) in [5, 5.41) is 0. The van der Waals surface area contributed by atoms with Gasteiger partial charge in [0.2, 0.25) is 0 Å². The average Bonchev–Trinajstić information content (AvgIpc) is 2.65. The number of esters is 1. The van der Waals surface area contributed by atoms with Gasteiger partial charge >= 0.3 is 5.97 Å². The van der Waals surface area contributed by atoms with Crippen molar-refractivity contribution in [3.8, 4) is 5.75 Å². The maximum atomic E-state index is 12.1. The maximum absolute atomic E-state index is 12.1. The zero-order valence-electron chi connectivity index (χ0n) is 13.9. The van der Waals surface area contributed by atoms with Gasteiger partial charge in [-0.2, -0.15) is 0 Å². The molecule has 0 aliphatic heterocycles. The highest BCUT2D eigenvalue weighted by atomic mass is 79.9. The summed E-state index contributed by atoms with van der Waals surface area (Å²) in [6, 6.07) is 12.1. The fraction of sp³-hybridized carbons (Fsp3) is 0.105. The Morgan fingerprint density at radius 1 is 1.23 bits per heavy atom. The van der Waals surface area contributed by atoms with Gasteiger partial charge in [0, 0.05) is 22.8 Å². The summed E-state index contributed by atoms with van der Waals surface area (Å²) in [4.78, 5) is 28.3. The lowest BCUT2D eigenvalue weighted by molar-refractivity contribution is -0.139. The van der Waals surface area contributed by atoms with Crippen LogP contribution >= 0.6 is 15.9 Å². The molecule has 2 aromatic heterocycles. The second-order valence-corrected chi connectivity index (χ2v) is 6.29. The summed E-state index contributed by atoms with van der Waals surface area (Å²) in [5.41, 5.74) is 1.48. The number of pyridine rings is 1. The van der Waals surface area contributed by atoms with Crippen molar-refractivity contribution in [1.29, 1.82) is 0 Å². The molecule has 0 aliphatic rings. The third kappa shape index (κ3) is 4.37. The number of carbonyl (C=O) groups is 1. The van der Waals surface area contributed by atoms with Crippen LogP contribution in [0.25, 0.3) is 11.7 Å². The predicted molar refractivity (Wildman–Crippen MR) is 101 cm³/mol. The third-order valence-corrected chi connectivity index (χ3v) is 4.04. The Labute approximate surface area is 157 Å². The average molecular weight is 415 g/mol. The Morgan fingerprint density at radius 2 is 2.00 bits per heavy atom. The Morgan fingerprint density at radius 3 is 2.73 bits per heavy atom. The van der Waals surface area contributed by atoms with Gasteiger partial charge in [0.1, 0.15) is 18.0 Å². The Balaban J connectivity index is 1.65. The molecule has 1 aromatic carbocycles. The van der Waals surface area contributed by atoms with Crippen LogP contribution in [-0.4, -0.2) is 22.5 Å². The topological polar surface area (TPSA) is 69.9 Å². The minimum atomic E-state index is -0.515. The third-order valence-electron chi connectivity index (χ3n) is 3.57. The lowest BCUT2D eigenvalue weighted by Crippen LogP contribution is -2.16. The summed E-state index contributed by atoms with van der Waals surface area (Å²) < 4.78 is 12.4. The number of hydrogen-bond acceptors (Lipinski definition) is 5. The fourth-order valence-corrected chi connectivity index (χ4v) is 2.61. The van der Waals surface area contributed by atoms with Crippen LogP contribution in [0.2, 0.25) is 0 Å². The number of aromatic nitrogens is 2. The highest BCUT2D eigenvalue weighted by Gasteiger charge is 2.05. The van der Waals surface area contributed by atoms with Gasteiger partial charge in [-0.1, -0.05) is 12.1 Å². The number of carbonyl (C=O) groups excluding carboxylic acids is 1. The summed E-state index contributed by atoms with van der Waals surface area (Å²) >= 11 is 3.31. The van der Waals surface area contributed by atoms with Crippen LogP contribution in [-0.2, 0) is 16.1 Å². The lowest BCUT2D eigenvalue weighted by Gasteiger charge is -2.05. The van der Waals surface area contributed by atoms with E-state index in [1.165, 1.54) is 16.5 Å². The van der Waals surface area contributed by atoms with Crippen LogP contribution < -0.4 is 10.3 Å². The largest absolute Gasteiger partial charge is 0.497 e. The van der Waals surface area contributed by atoms with Crippen LogP contribution in [0.4, 0.5) is 0 Å². The predicted octanol–water partition coefficient (Wildman–Crippen LogP) is 3.22. The molecule has 26 heavy (non-hydrogen) atoms. The molecule has 132 valence electrons. The van der Waals surface area contributed by atoms with Crippen molar-refractivity contribution in [2.45, 2.75) is 6.61 Å². The molecule has 0 N–H and O–H groups in total. The van der Waals surface area contributed by atoms with Crippen molar-refractivity contribution >= 4 is 33.6 Å². The molecular weight excluding hydrogens is 400 g/mol. The molecule has 0 radical (unpaired) electrons. The van der Waals surface area contributed by atoms with E-state index in [9.17, 15) is 9.59 Å². The van der Waals surface area contributed by atoms with Gasteiger partial charge < -0.3 is 9.47 Å². The number of nitrogens with zero attached hydrogens (tertiary/aromatic N) is 2. The van der Waals surface area contributed by atoms with E-state index in [0.29, 0.717) is 11.3 Å². The van der Waals surface area contributed by atoms with Crippen LogP contribution in [0.1, 0.15) is 11.3 Å². The molecule has 0 spiro atoms. The smallest absolute Gasteiger partial charge is 0.331 e. The van der Waals surface area contributed by atoms with Crippen LogP contribution in [0.5, 0.6) is 5.75 Å². The van der Waals surface area contributed by atoms with Crippen molar-refractivity contribution in [2.24, 2.45) is 0 Å². The summed E-state index contributed by atoms with van der Waals surface area (Å²) in [5.74, 6) is 0.226. The molecule has 7 heteroatoms. The lowest BCUT2D eigenvalue weighted by atomic mass is 10.2. The minimum absolute atomic E-state index is 0.0758. The van der Waals surface area contributed by atoms with Crippen molar-refractivity contribution in [3.63, 3.8) is 0 Å². The molecule has 0 atom stereocenters. The fourth-order valence-electron chi connectivity index (χ4n) is 2.27. The molecule has 0 saturated carbocycles. The van der Waals surface area contributed by atoms with Crippen molar-refractivity contribution in [3.05, 3.63) is 80.8 Å². The van der Waals surface area contributed by atoms with Gasteiger partial charge in [-0.15, -0.1) is 0 Å². The Kier molecular flexibility index (Phi) is 5.48. The van der Waals surface area contributed by atoms with E-state index < -0.39 is 5.97 Å². The van der Waals surface area contributed by atoms with Crippen molar-refractivity contribution in [2.75, 3.05) is 7.11 Å². The number of benzene rings is 1. The number of fused-ring (bicyclic) bond motifs is 1. The van der Waals surface area contributed by atoms with E-state index in [-0.39, 0.29) is 12.2 Å². The van der Waals surface area contributed by atoms with Gasteiger partial charge in [0.25, 0.3) is 5.56 Å². The van der Waals surface area contributed by atoms with E-state index >= 15 is 0 Å². The molecule has 0 amide bonds. The van der Waals surface area contributed by atoms with E-state index in [1.54, 1.807) is 43.6 Å². The first-order valence-electron chi connectivity index (χ1n) is 7.72. The molecule has 3 aromatic rings. The first-order valence-corrected chi connectivity index (χ1v) is 8.51. The second-order valence-electron chi connectivity index (χ2n) is 5.38. The quantitative estimate of drug-likeness (QED) is 0.473. The van der Waals surface area contributed by atoms with Gasteiger partial charge in [-0.3, -0.25) is 9.20 Å². The standard InChI is InChI=1S/C19H15BrN2O4/c1-25-16-6-2-13(3-7-16)4-9-19(24)26-12-15-10-18(23)22-11-14(20)5-8-17(22)21-15/h2-11H,12H2,1H3/b9-4+. The molecule has 0 bridgehead atoms. The van der Waals surface area contributed by atoms with E-state index in [2.05, 4.69) is 20.9 Å². The van der Waals surface area contributed by atoms with Crippen LogP contribution in [0.15, 0.2) is 64.0 Å². The molecular formula is C19H15BrN2O4. The second kappa shape index (κ2) is 7.97. The zero-order valence-corrected chi connectivity index (χ0v) is 15.5. The minimum Gasteiger partial charge on any atom is -0.497 e. The number of hydrogen-bond donors (Lipinski definition) is 0. The van der Waals surface area contributed by atoms with Gasteiger partial charge in [-0.25, -0.2) is 9.78 Å². The van der Waals surface area contributed by atoms with Crippen LogP contribution in [0.3, 0.4) is 0 Å². The molecule has 0 aliphatic carbocycles. The normalized spacial score (nSPS) is 11.0. The zero-order chi connectivity index (χ0) is 18.5. The summed E-state index contributed by atoms with van der Waals surface area (Å²) in [6.07, 6.45) is 4.60. The molecule has 0 saturated heterocycles. The number of methoxy groups -OCH3 is 1. The monoisotopic (exact) mass is 414 g/mol. The maximum Gasteiger partial charge on any atom is 0.331 e. The Bertz CT molecular complexity index is 1030. The number of rotatable bonds is 5. The highest BCUT2D eigenvalue weighted by molar-refractivity contribution is 9.10. The highest BCUT2D eigenvalue weighted by Crippen LogP contribution is 2.12. The first kappa shape index (κ1) is 17.9. The van der Waals surface area contributed by atoms with Crippen molar-refractivity contribution < 1.29 is 14.3 Å². The van der Waals surface area contributed by atoms with Gasteiger partial charge in [0.15, 0.2) is 0 Å². The molecule has 0 unspecified atom stereocenters. The number of halogens is 1. The summed E-state index contributed by atoms with van der Waals surface area (Å²) in [7, 11) is 1.59. The van der Waals surface area contributed by atoms with Crippen molar-refractivity contribution in [1.82, 2.24) is 9.38 Å². The van der Waals surface area contributed by atoms with Crippen LogP contribution in [0, 0.1) is 0 Å². The molecule has 3 rings (SSSR count). The molecule has 0 fully saturated rings. The van der Waals surface area contributed by atoms with E-state index in [1.807, 2.05) is 12.1 Å². The SMILES string of the molecule is COc1ccc(/C=C/C(=O)OCc2cc(=O)n3cc(Br)ccc3n2)cc1. The Hall–Kier alpha value is -2.93. The molecule has 2 heterocycles. The van der Waals surface area contributed by atoms with Gasteiger partial charge in [0.05, 0.1) is 12.8 Å². The molecule has 6 nitrogen and oxygen atoms in total. The number of ether oxygens (including phenoxy) is 2. The first-order chi connectivity index (χ1) is 12.5. The van der Waals surface area contributed by atoms with Gasteiger partial charge in [-0.05, 0) is 51.8 Å². The van der Waals surface area contributed by atoms with E-state index in [4.69, 9.17) is 9.47 Å². The van der Waals surface area contributed by atoms with E-state index in [0.717, 1.165) is 15.8 Å².